The van der Waals surface area contributed by atoms with Gasteiger partial charge in [-0.25, -0.2) is 0 Å². The summed E-state index contributed by atoms with van der Waals surface area (Å²) in [6.45, 7) is 6.45. The SMILES string of the molecule is Cc1ccc(NC(=O)CC(CC(=O)O)c2noc(C3CC(CCC(C)C)C3)c2CC2CC2)c(Cl)c1. The minimum atomic E-state index is -0.949. The van der Waals surface area contributed by atoms with Gasteiger partial charge in [0.15, 0.2) is 0 Å². The molecule has 0 saturated heterocycles. The number of benzene rings is 1. The number of aryl methyl sites for hydroxylation is 1. The monoisotopic (exact) mass is 500 g/mol. The molecule has 2 N–H and O–H groups in total. The molecule has 0 bridgehead atoms. The van der Waals surface area contributed by atoms with Gasteiger partial charge in [-0.05, 0) is 74.5 Å². The normalized spacial score (nSPS) is 20.5. The molecule has 1 amide bonds. The van der Waals surface area contributed by atoms with E-state index < -0.39 is 11.9 Å². The maximum Gasteiger partial charge on any atom is 0.304 e. The molecule has 0 radical (unpaired) electrons. The van der Waals surface area contributed by atoms with Crippen molar-refractivity contribution in [3.05, 3.63) is 45.8 Å². The summed E-state index contributed by atoms with van der Waals surface area (Å²) in [6, 6.07) is 5.43. The van der Waals surface area contributed by atoms with Crippen LogP contribution in [0.4, 0.5) is 5.69 Å². The Morgan fingerprint density at radius 1 is 1.20 bits per heavy atom. The molecule has 6 nitrogen and oxygen atoms in total. The fraction of sp³-hybridized carbons (Fsp3) is 0.607. The van der Waals surface area contributed by atoms with Crippen molar-refractivity contribution >= 4 is 29.2 Å². The molecule has 0 spiro atoms. The van der Waals surface area contributed by atoms with Crippen LogP contribution in [0.25, 0.3) is 0 Å². The Kier molecular flexibility index (Phi) is 8.20. The van der Waals surface area contributed by atoms with Gasteiger partial charge < -0.3 is 14.9 Å². The Morgan fingerprint density at radius 3 is 2.57 bits per heavy atom. The first-order valence-electron chi connectivity index (χ1n) is 13.0. The van der Waals surface area contributed by atoms with Gasteiger partial charge >= 0.3 is 5.97 Å². The van der Waals surface area contributed by atoms with Gasteiger partial charge in [-0.1, -0.05) is 49.5 Å². The van der Waals surface area contributed by atoms with E-state index in [0.717, 1.165) is 42.1 Å². The van der Waals surface area contributed by atoms with Gasteiger partial charge in [-0.15, -0.1) is 0 Å². The number of carbonyl (C=O) groups excluding carboxylic acids is 1. The Labute approximate surface area is 212 Å². The van der Waals surface area contributed by atoms with Crippen molar-refractivity contribution in [2.45, 2.75) is 90.4 Å². The molecule has 2 aromatic rings. The molecular formula is C28H37ClN2O4. The number of carboxylic acids is 1. The van der Waals surface area contributed by atoms with Crippen molar-refractivity contribution in [1.29, 1.82) is 0 Å². The number of halogens is 1. The van der Waals surface area contributed by atoms with E-state index in [9.17, 15) is 14.7 Å². The van der Waals surface area contributed by atoms with Crippen molar-refractivity contribution in [2.75, 3.05) is 5.32 Å². The number of hydrogen-bond donors (Lipinski definition) is 2. The average Bonchev–Trinajstić information content (AvgIpc) is 3.47. The highest BCUT2D eigenvalue weighted by atomic mass is 35.5. The topological polar surface area (TPSA) is 92.4 Å². The highest BCUT2D eigenvalue weighted by Crippen LogP contribution is 2.48. The van der Waals surface area contributed by atoms with Gasteiger partial charge in [0.05, 0.1) is 22.8 Å². The number of carboxylic acid groups (broad SMARTS) is 1. The second-order valence-corrected chi connectivity index (χ2v) is 11.5. The van der Waals surface area contributed by atoms with Crippen LogP contribution in [0, 0.1) is 24.7 Å². The molecule has 35 heavy (non-hydrogen) atoms. The van der Waals surface area contributed by atoms with Gasteiger partial charge in [0.2, 0.25) is 5.91 Å². The molecule has 1 unspecified atom stereocenters. The van der Waals surface area contributed by atoms with Crippen molar-refractivity contribution < 1.29 is 19.2 Å². The smallest absolute Gasteiger partial charge is 0.304 e. The van der Waals surface area contributed by atoms with Crippen LogP contribution in [-0.2, 0) is 16.0 Å². The molecule has 1 atom stereocenters. The third-order valence-electron chi connectivity index (χ3n) is 7.44. The van der Waals surface area contributed by atoms with Gasteiger partial charge in [0.1, 0.15) is 5.76 Å². The van der Waals surface area contributed by atoms with E-state index in [2.05, 4.69) is 24.3 Å². The largest absolute Gasteiger partial charge is 0.481 e. The first-order chi connectivity index (χ1) is 16.7. The summed E-state index contributed by atoms with van der Waals surface area (Å²) < 4.78 is 5.90. The molecule has 4 rings (SSSR count). The number of amides is 1. The predicted octanol–water partition coefficient (Wildman–Crippen LogP) is 7.11. The second-order valence-electron chi connectivity index (χ2n) is 11.1. The van der Waals surface area contributed by atoms with Gasteiger partial charge in [0.25, 0.3) is 0 Å². The van der Waals surface area contributed by atoms with Crippen LogP contribution >= 0.6 is 11.6 Å². The van der Waals surface area contributed by atoms with E-state index in [-0.39, 0.29) is 18.7 Å². The Hall–Kier alpha value is -2.34. The van der Waals surface area contributed by atoms with Crippen LogP contribution in [0.5, 0.6) is 0 Å². The summed E-state index contributed by atoms with van der Waals surface area (Å²) in [5.41, 5.74) is 3.24. The minimum absolute atomic E-state index is 0.0157. The number of aliphatic carboxylic acids is 1. The molecule has 1 heterocycles. The number of nitrogens with one attached hydrogen (secondary N) is 1. The molecule has 7 heteroatoms. The Bertz CT molecular complexity index is 1050. The van der Waals surface area contributed by atoms with Crippen LogP contribution in [0.2, 0.25) is 5.02 Å². The number of nitrogens with zero attached hydrogens (tertiary/aromatic N) is 1. The maximum absolute atomic E-state index is 12.9. The lowest BCUT2D eigenvalue weighted by molar-refractivity contribution is -0.137. The van der Waals surface area contributed by atoms with E-state index in [1.807, 2.05) is 13.0 Å². The first kappa shape index (κ1) is 25.7. The lowest BCUT2D eigenvalue weighted by Crippen LogP contribution is -2.23. The van der Waals surface area contributed by atoms with Gasteiger partial charge in [-0.3, -0.25) is 9.59 Å². The fourth-order valence-electron chi connectivity index (χ4n) is 5.17. The zero-order chi connectivity index (χ0) is 25.1. The molecule has 0 aliphatic heterocycles. The molecule has 1 aromatic carbocycles. The van der Waals surface area contributed by atoms with E-state index >= 15 is 0 Å². The Morgan fingerprint density at radius 2 is 1.94 bits per heavy atom. The van der Waals surface area contributed by atoms with E-state index in [1.165, 1.54) is 25.7 Å². The lowest BCUT2D eigenvalue weighted by Gasteiger charge is -2.34. The van der Waals surface area contributed by atoms with E-state index in [4.69, 9.17) is 16.1 Å². The van der Waals surface area contributed by atoms with E-state index in [0.29, 0.717) is 34.2 Å². The summed E-state index contributed by atoms with van der Waals surface area (Å²) in [6.07, 6.45) is 7.78. The van der Waals surface area contributed by atoms with Gasteiger partial charge in [-0.2, -0.15) is 0 Å². The Balaban J connectivity index is 1.50. The summed E-state index contributed by atoms with van der Waals surface area (Å²) in [7, 11) is 0. The standard InChI is InChI=1S/C28H37ClN2O4/c1-16(2)4-6-19-11-21(12-19)28-22(13-18-7-8-18)27(31-35-28)20(15-26(33)34)14-25(32)30-24-9-5-17(3)10-23(24)29/h5,9-10,16,18-21H,4,6-8,11-15H2,1-3H3,(H,30,32)(H,33,34). The predicted molar refractivity (Wildman–Crippen MR) is 137 cm³/mol. The average molecular weight is 501 g/mol. The minimum Gasteiger partial charge on any atom is -0.481 e. The van der Waals surface area contributed by atoms with Crippen molar-refractivity contribution in [1.82, 2.24) is 5.16 Å². The number of carbonyl (C=O) groups is 2. The summed E-state index contributed by atoms with van der Waals surface area (Å²) >= 11 is 6.28. The van der Waals surface area contributed by atoms with Crippen LogP contribution in [0.1, 0.15) is 99.6 Å². The van der Waals surface area contributed by atoms with Crippen molar-refractivity contribution in [3.8, 4) is 0 Å². The highest BCUT2D eigenvalue weighted by Gasteiger charge is 2.38. The molecule has 2 saturated carbocycles. The first-order valence-corrected chi connectivity index (χ1v) is 13.3. The lowest BCUT2D eigenvalue weighted by atomic mass is 9.70. The van der Waals surface area contributed by atoms with Gasteiger partial charge in [0, 0.05) is 23.8 Å². The zero-order valence-electron chi connectivity index (χ0n) is 21.0. The number of hydrogen-bond acceptors (Lipinski definition) is 4. The molecule has 2 fully saturated rings. The zero-order valence-corrected chi connectivity index (χ0v) is 21.7. The van der Waals surface area contributed by atoms with Crippen LogP contribution < -0.4 is 5.32 Å². The van der Waals surface area contributed by atoms with Crippen LogP contribution in [0.3, 0.4) is 0 Å². The summed E-state index contributed by atoms with van der Waals surface area (Å²) in [5.74, 6) is 1.57. The molecular weight excluding hydrogens is 464 g/mol. The highest BCUT2D eigenvalue weighted by molar-refractivity contribution is 6.33. The summed E-state index contributed by atoms with van der Waals surface area (Å²) in [4.78, 5) is 24.6. The molecule has 1 aromatic heterocycles. The maximum atomic E-state index is 12.9. The fourth-order valence-corrected chi connectivity index (χ4v) is 5.45. The molecule has 2 aliphatic carbocycles. The second kappa shape index (κ2) is 11.2. The number of rotatable bonds is 12. The van der Waals surface area contributed by atoms with Crippen LogP contribution in [-0.4, -0.2) is 22.1 Å². The summed E-state index contributed by atoms with van der Waals surface area (Å²) in [5, 5.41) is 17.3. The third kappa shape index (κ3) is 6.87. The number of anilines is 1. The number of aromatic nitrogens is 1. The molecule has 2 aliphatic rings. The molecule has 190 valence electrons. The van der Waals surface area contributed by atoms with Crippen molar-refractivity contribution in [3.63, 3.8) is 0 Å². The van der Waals surface area contributed by atoms with Crippen LogP contribution in [0.15, 0.2) is 22.7 Å². The third-order valence-corrected chi connectivity index (χ3v) is 7.75. The van der Waals surface area contributed by atoms with Crippen molar-refractivity contribution in [2.24, 2.45) is 17.8 Å². The van der Waals surface area contributed by atoms with E-state index in [1.54, 1.807) is 12.1 Å². The quantitative estimate of drug-likeness (QED) is 0.324.